The molecule has 0 bridgehead atoms. The number of nitrogens with zero attached hydrogens (tertiary/aromatic N) is 3. The van der Waals surface area contributed by atoms with Crippen molar-refractivity contribution in [3.63, 3.8) is 0 Å². The van der Waals surface area contributed by atoms with E-state index in [0.717, 1.165) is 10.0 Å². The maximum atomic E-state index is 8.71. The average Bonchev–Trinajstić information content (AvgIpc) is 2.29. The van der Waals surface area contributed by atoms with Gasteiger partial charge in [-0.05, 0) is 18.2 Å². The van der Waals surface area contributed by atoms with Crippen molar-refractivity contribution < 1.29 is 0 Å². The minimum atomic E-state index is 0.375. The highest BCUT2D eigenvalue weighted by Crippen LogP contribution is 2.19. The third-order valence-electron chi connectivity index (χ3n) is 1.85. The van der Waals surface area contributed by atoms with E-state index in [1.807, 2.05) is 30.3 Å². The molecule has 0 spiro atoms. The van der Waals surface area contributed by atoms with Crippen molar-refractivity contribution in [1.29, 1.82) is 5.26 Å². The SMILES string of the molecule is N#Cc1ccnc(-c2cccc(Br)c2)n1. The van der Waals surface area contributed by atoms with Crippen molar-refractivity contribution >= 4 is 15.9 Å². The van der Waals surface area contributed by atoms with Crippen molar-refractivity contribution in [1.82, 2.24) is 9.97 Å². The van der Waals surface area contributed by atoms with Crippen LogP contribution in [0.3, 0.4) is 0 Å². The van der Waals surface area contributed by atoms with Crippen LogP contribution >= 0.6 is 15.9 Å². The molecule has 0 N–H and O–H groups in total. The van der Waals surface area contributed by atoms with Gasteiger partial charge in [0, 0.05) is 16.2 Å². The van der Waals surface area contributed by atoms with Gasteiger partial charge in [-0.1, -0.05) is 28.1 Å². The maximum absolute atomic E-state index is 8.71. The Kier molecular flexibility index (Phi) is 2.75. The van der Waals surface area contributed by atoms with Crippen LogP contribution in [-0.4, -0.2) is 9.97 Å². The zero-order chi connectivity index (χ0) is 10.7. The lowest BCUT2D eigenvalue weighted by Gasteiger charge is -1.99. The smallest absolute Gasteiger partial charge is 0.160 e. The van der Waals surface area contributed by atoms with E-state index in [9.17, 15) is 0 Å². The van der Waals surface area contributed by atoms with Crippen LogP contribution in [-0.2, 0) is 0 Å². The lowest BCUT2D eigenvalue weighted by atomic mass is 10.2. The second-order valence-electron chi connectivity index (χ2n) is 2.89. The van der Waals surface area contributed by atoms with E-state index in [2.05, 4.69) is 25.9 Å². The lowest BCUT2D eigenvalue weighted by Crippen LogP contribution is -1.90. The van der Waals surface area contributed by atoms with Crippen molar-refractivity contribution in [3.8, 4) is 17.5 Å². The largest absolute Gasteiger partial charge is 0.236 e. The molecule has 4 heteroatoms. The molecule has 0 radical (unpaired) electrons. The van der Waals surface area contributed by atoms with E-state index in [0.29, 0.717) is 11.5 Å². The average molecular weight is 260 g/mol. The van der Waals surface area contributed by atoms with Gasteiger partial charge < -0.3 is 0 Å². The summed E-state index contributed by atoms with van der Waals surface area (Å²) in [4.78, 5) is 8.23. The fraction of sp³-hybridized carbons (Fsp3) is 0. The second kappa shape index (κ2) is 4.20. The Labute approximate surface area is 95.6 Å². The Bertz CT molecular complexity index is 531. The summed E-state index contributed by atoms with van der Waals surface area (Å²) in [6.45, 7) is 0. The van der Waals surface area contributed by atoms with Gasteiger partial charge in [0.2, 0.25) is 0 Å². The number of hydrogen-bond acceptors (Lipinski definition) is 3. The third-order valence-corrected chi connectivity index (χ3v) is 2.35. The molecule has 0 atom stereocenters. The quantitative estimate of drug-likeness (QED) is 0.792. The second-order valence-corrected chi connectivity index (χ2v) is 3.80. The van der Waals surface area contributed by atoms with Gasteiger partial charge in [-0.25, -0.2) is 9.97 Å². The summed E-state index contributed by atoms with van der Waals surface area (Å²) >= 11 is 3.37. The number of halogens is 1. The predicted molar refractivity (Wildman–Crippen MR) is 59.9 cm³/mol. The lowest BCUT2D eigenvalue weighted by molar-refractivity contribution is 1.15. The van der Waals surface area contributed by atoms with Crippen LogP contribution < -0.4 is 0 Å². The summed E-state index contributed by atoms with van der Waals surface area (Å²) in [5, 5.41) is 8.71. The van der Waals surface area contributed by atoms with Gasteiger partial charge in [-0.2, -0.15) is 5.26 Å². The Morgan fingerprint density at radius 2 is 2.13 bits per heavy atom. The summed E-state index contributed by atoms with van der Waals surface area (Å²) < 4.78 is 0.964. The molecular weight excluding hydrogens is 254 g/mol. The Balaban J connectivity index is 2.50. The molecule has 1 aromatic carbocycles. The van der Waals surface area contributed by atoms with Gasteiger partial charge in [0.05, 0.1) is 0 Å². The first-order chi connectivity index (χ1) is 7.29. The van der Waals surface area contributed by atoms with Crippen molar-refractivity contribution in [2.24, 2.45) is 0 Å². The van der Waals surface area contributed by atoms with Crippen molar-refractivity contribution in [2.75, 3.05) is 0 Å². The standard InChI is InChI=1S/C11H6BrN3/c12-9-3-1-2-8(6-9)11-14-5-4-10(7-13)15-11/h1-6H. The maximum Gasteiger partial charge on any atom is 0.160 e. The molecule has 0 amide bonds. The highest BCUT2D eigenvalue weighted by molar-refractivity contribution is 9.10. The van der Waals surface area contributed by atoms with E-state index >= 15 is 0 Å². The van der Waals surface area contributed by atoms with Gasteiger partial charge in [-0.15, -0.1) is 0 Å². The molecule has 2 aromatic rings. The topological polar surface area (TPSA) is 49.6 Å². The molecule has 0 aliphatic heterocycles. The zero-order valence-corrected chi connectivity index (χ0v) is 9.27. The van der Waals surface area contributed by atoms with E-state index in [-0.39, 0.29) is 0 Å². The van der Waals surface area contributed by atoms with E-state index in [1.165, 1.54) is 0 Å². The molecule has 0 fully saturated rings. The first-order valence-electron chi connectivity index (χ1n) is 4.28. The predicted octanol–water partition coefficient (Wildman–Crippen LogP) is 2.78. The van der Waals surface area contributed by atoms with E-state index < -0.39 is 0 Å². The van der Waals surface area contributed by atoms with E-state index in [1.54, 1.807) is 12.3 Å². The third kappa shape index (κ3) is 2.20. The zero-order valence-electron chi connectivity index (χ0n) is 7.68. The summed E-state index contributed by atoms with van der Waals surface area (Å²) in [7, 11) is 0. The molecule has 0 aliphatic carbocycles. The van der Waals surface area contributed by atoms with Gasteiger partial charge in [0.1, 0.15) is 11.8 Å². The fourth-order valence-corrected chi connectivity index (χ4v) is 1.59. The summed E-state index contributed by atoms with van der Waals surface area (Å²) in [6.07, 6.45) is 1.59. The van der Waals surface area contributed by atoms with Gasteiger partial charge in [0.15, 0.2) is 5.82 Å². The number of hydrogen-bond donors (Lipinski definition) is 0. The summed E-state index contributed by atoms with van der Waals surface area (Å²) in [6, 6.07) is 11.2. The first-order valence-corrected chi connectivity index (χ1v) is 5.08. The van der Waals surface area contributed by atoms with Crippen LogP contribution in [0.1, 0.15) is 5.69 Å². The molecular formula is C11H6BrN3. The van der Waals surface area contributed by atoms with Crippen molar-refractivity contribution in [2.45, 2.75) is 0 Å². The number of benzene rings is 1. The molecule has 0 unspecified atom stereocenters. The molecule has 0 saturated carbocycles. The highest BCUT2D eigenvalue weighted by atomic mass is 79.9. The van der Waals surface area contributed by atoms with Crippen LogP contribution in [0.2, 0.25) is 0 Å². The summed E-state index contributed by atoms with van der Waals surface area (Å²) in [5.74, 6) is 0.565. The van der Waals surface area contributed by atoms with Crippen LogP contribution in [0.15, 0.2) is 41.0 Å². The molecule has 15 heavy (non-hydrogen) atoms. The summed E-state index contributed by atoms with van der Waals surface area (Å²) in [5.41, 5.74) is 1.27. The molecule has 1 heterocycles. The Hall–Kier alpha value is -1.73. The van der Waals surface area contributed by atoms with Gasteiger partial charge in [0.25, 0.3) is 0 Å². The van der Waals surface area contributed by atoms with Crippen LogP contribution in [0.5, 0.6) is 0 Å². The number of nitriles is 1. The normalized spacial score (nSPS) is 9.60. The van der Waals surface area contributed by atoms with Crippen LogP contribution in [0.4, 0.5) is 0 Å². The van der Waals surface area contributed by atoms with Gasteiger partial charge >= 0.3 is 0 Å². The Morgan fingerprint density at radius 3 is 2.87 bits per heavy atom. The van der Waals surface area contributed by atoms with Crippen molar-refractivity contribution in [3.05, 3.63) is 46.7 Å². The highest BCUT2D eigenvalue weighted by Gasteiger charge is 2.02. The molecule has 2 rings (SSSR count). The molecule has 0 aliphatic rings. The fourth-order valence-electron chi connectivity index (χ4n) is 1.19. The monoisotopic (exact) mass is 259 g/mol. The van der Waals surface area contributed by atoms with Crippen LogP contribution in [0, 0.1) is 11.3 Å². The minimum absolute atomic E-state index is 0.375. The molecule has 72 valence electrons. The molecule has 0 saturated heterocycles. The van der Waals surface area contributed by atoms with E-state index in [4.69, 9.17) is 5.26 Å². The van der Waals surface area contributed by atoms with Gasteiger partial charge in [-0.3, -0.25) is 0 Å². The number of rotatable bonds is 1. The first kappa shape index (κ1) is 9.81. The molecule has 1 aromatic heterocycles. The number of aromatic nitrogens is 2. The van der Waals surface area contributed by atoms with Crippen LogP contribution in [0.25, 0.3) is 11.4 Å². The molecule has 3 nitrogen and oxygen atoms in total. The Morgan fingerprint density at radius 1 is 1.27 bits per heavy atom. The minimum Gasteiger partial charge on any atom is -0.236 e.